The first-order chi connectivity index (χ1) is 12.1. The van der Waals surface area contributed by atoms with Crippen LogP contribution in [0.5, 0.6) is 0 Å². The largest absolute Gasteiger partial charge is 0.417 e. The molecule has 26 heavy (non-hydrogen) atoms. The Morgan fingerprint density at radius 1 is 1.08 bits per heavy atom. The minimum Gasteiger partial charge on any atom is -0.366 e. The fourth-order valence-electron chi connectivity index (χ4n) is 2.33. The average molecular weight is 387 g/mol. The summed E-state index contributed by atoms with van der Waals surface area (Å²) in [5, 5.41) is 2.91. The van der Waals surface area contributed by atoms with Crippen molar-refractivity contribution in [3.8, 4) is 0 Å². The molecule has 0 saturated carbocycles. The van der Waals surface area contributed by atoms with Crippen LogP contribution in [0.2, 0.25) is 0 Å². The molecular weight excluding hydrogens is 367 g/mol. The van der Waals surface area contributed by atoms with E-state index >= 15 is 0 Å². The van der Waals surface area contributed by atoms with Gasteiger partial charge in [0.15, 0.2) is 0 Å². The molecule has 0 atom stereocenters. The van der Waals surface area contributed by atoms with E-state index in [9.17, 15) is 21.6 Å². The predicted molar refractivity (Wildman–Crippen MR) is 93.9 cm³/mol. The number of nitrogens with one attached hydrogen (secondary N) is 2. The van der Waals surface area contributed by atoms with Crippen molar-refractivity contribution in [3.63, 3.8) is 0 Å². The van der Waals surface area contributed by atoms with Crippen molar-refractivity contribution in [2.24, 2.45) is 0 Å². The van der Waals surface area contributed by atoms with Gasteiger partial charge in [-0.2, -0.15) is 13.2 Å². The summed E-state index contributed by atoms with van der Waals surface area (Å²) in [7, 11) is -3.48. The van der Waals surface area contributed by atoms with Gasteiger partial charge in [0, 0.05) is 18.8 Å². The van der Waals surface area contributed by atoms with Gasteiger partial charge in [-0.3, -0.25) is 0 Å². The molecular formula is C17H20F3N3O2S. The van der Waals surface area contributed by atoms with Gasteiger partial charge in [0.05, 0.1) is 11.3 Å². The van der Waals surface area contributed by atoms with Crippen LogP contribution in [0.15, 0.2) is 42.6 Å². The molecule has 0 aliphatic rings. The highest BCUT2D eigenvalue weighted by atomic mass is 32.2. The quantitative estimate of drug-likeness (QED) is 0.762. The smallest absolute Gasteiger partial charge is 0.366 e. The minimum atomic E-state index is -4.43. The first-order valence-electron chi connectivity index (χ1n) is 7.91. The molecule has 9 heteroatoms. The Bertz CT molecular complexity index is 835. The Labute approximate surface area is 150 Å². The van der Waals surface area contributed by atoms with Gasteiger partial charge in [-0.05, 0) is 37.1 Å². The molecule has 0 unspecified atom stereocenters. The maximum Gasteiger partial charge on any atom is 0.417 e. The molecule has 0 spiro atoms. The fraction of sp³-hybridized carbons (Fsp3) is 0.353. The molecule has 0 aliphatic carbocycles. The van der Waals surface area contributed by atoms with Gasteiger partial charge in [0.2, 0.25) is 10.0 Å². The third kappa shape index (κ3) is 5.99. The number of alkyl halides is 3. The van der Waals surface area contributed by atoms with E-state index in [4.69, 9.17) is 0 Å². The number of rotatable bonds is 7. The highest BCUT2D eigenvalue weighted by molar-refractivity contribution is 7.88. The normalized spacial score (nSPS) is 12.4. The second-order valence-corrected chi connectivity index (χ2v) is 7.84. The Hall–Kier alpha value is -2.13. The number of aromatic nitrogens is 1. The summed E-state index contributed by atoms with van der Waals surface area (Å²) < 4.78 is 64.4. The lowest BCUT2D eigenvalue weighted by Gasteiger charge is -2.14. The summed E-state index contributed by atoms with van der Waals surface area (Å²) in [5.41, 5.74) is 0.512. The summed E-state index contributed by atoms with van der Waals surface area (Å²) in [6, 6.07) is 8.94. The Balaban J connectivity index is 2.09. The van der Waals surface area contributed by atoms with Crippen molar-refractivity contribution >= 4 is 15.8 Å². The lowest BCUT2D eigenvalue weighted by molar-refractivity contribution is -0.137. The maximum atomic E-state index is 12.5. The lowest BCUT2D eigenvalue weighted by atomic mass is 10.1. The van der Waals surface area contributed by atoms with Gasteiger partial charge >= 0.3 is 6.18 Å². The lowest BCUT2D eigenvalue weighted by Crippen LogP contribution is -2.31. The molecule has 1 aromatic carbocycles. The molecule has 0 fully saturated rings. The van der Waals surface area contributed by atoms with E-state index in [0.29, 0.717) is 5.56 Å². The van der Waals surface area contributed by atoms with Crippen molar-refractivity contribution in [3.05, 3.63) is 59.3 Å². The second-order valence-electron chi connectivity index (χ2n) is 6.08. The van der Waals surface area contributed by atoms with Crippen LogP contribution in [-0.2, 0) is 28.5 Å². The van der Waals surface area contributed by atoms with Gasteiger partial charge in [-0.15, -0.1) is 0 Å². The van der Waals surface area contributed by atoms with E-state index in [1.165, 1.54) is 6.07 Å². The fourth-order valence-corrected chi connectivity index (χ4v) is 3.82. The number of anilines is 1. The molecule has 2 aromatic rings. The molecule has 0 radical (unpaired) electrons. The summed E-state index contributed by atoms with van der Waals surface area (Å²) in [5.74, 6) is 0.0969. The number of nitrogens with zero attached hydrogens (tertiary/aromatic N) is 1. The Kier molecular flexibility index (Phi) is 6.25. The van der Waals surface area contributed by atoms with Crippen LogP contribution in [0, 0.1) is 0 Å². The molecule has 0 amide bonds. The van der Waals surface area contributed by atoms with Crippen molar-refractivity contribution in [1.29, 1.82) is 0 Å². The molecule has 1 heterocycles. The number of benzene rings is 1. The number of halogens is 3. The highest BCUT2D eigenvalue weighted by Crippen LogP contribution is 2.28. The van der Waals surface area contributed by atoms with Crippen molar-refractivity contribution in [2.45, 2.75) is 38.4 Å². The zero-order chi connectivity index (χ0) is 19.4. The van der Waals surface area contributed by atoms with Crippen molar-refractivity contribution in [2.75, 3.05) is 5.32 Å². The van der Waals surface area contributed by atoms with E-state index in [1.54, 1.807) is 38.1 Å². The van der Waals surface area contributed by atoms with E-state index < -0.39 is 21.8 Å². The van der Waals surface area contributed by atoms with Crippen LogP contribution in [0.1, 0.15) is 30.5 Å². The SMILES string of the molecule is CC(C)NS(=O)(=O)Cc1ccccc1CNc1ccc(C(F)(F)F)cn1. The predicted octanol–water partition coefficient (Wildman–Crippen LogP) is 3.54. The van der Waals surface area contributed by atoms with Crippen LogP contribution in [0.25, 0.3) is 0 Å². The first-order valence-corrected chi connectivity index (χ1v) is 9.56. The summed E-state index contributed by atoms with van der Waals surface area (Å²) in [4.78, 5) is 3.74. The van der Waals surface area contributed by atoms with Gasteiger partial charge in [-0.25, -0.2) is 18.1 Å². The Morgan fingerprint density at radius 3 is 2.27 bits per heavy atom. The number of pyridine rings is 1. The molecule has 0 bridgehead atoms. The average Bonchev–Trinajstić information content (AvgIpc) is 2.52. The number of hydrogen-bond donors (Lipinski definition) is 2. The molecule has 1 aromatic heterocycles. The van der Waals surface area contributed by atoms with E-state index in [-0.39, 0.29) is 24.2 Å². The molecule has 142 valence electrons. The van der Waals surface area contributed by atoms with Crippen LogP contribution < -0.4 is 10.0 Å². The monoisotopic (exact) mass is 387 g/mol. The van der Waals surface area contributed by atoms with Crippen LogP contribution in [0.4, 0.5) is 19.0 Å². The number of sulfonamides is 1. The zero-order valence-corrected chi connectivity index (χ0v) is 15.2. The zero-order valence-electron chi connectivity index (χ0n) is 14.3. The number of hydrogen-bond acceptors (Lipinski definition) is 4. The van der Waals surface area contributed by atoms with Crippen molar-refractivity contribution < 1.29 is 21.6 Å². The molecule has 2 N–H and O–H groups in total. The summed E-state index contributed by atoms with van der Waals surface area (Å²) in [6.45, 7) is 3.72. The van der Waals surface area contributed by atoms with Gasteiger partial charge in [0.25, 0.3) is 0 Å². The highest BCUT2D eigenvalue weighted by Gasteiger charge is 2.30. The molecule has 0 aliphatic heterocycles. The van der Waals surface area contributed by atoms with Crippen molar-refractivity contribution in [1.82, 2.24) is 9.71 Å². The molecule has 5 nitrogen and oxygen atoms in total. The molecule has 2 rings (SSSR count). The second kappa shape index (κ2) is 8.05. The standard InChI is InChI=1S/C17H20F3N3O2S/c1-12(2)23-26(24,25)11-14-6-4-3-5-13(14)9-21-16-8-7-15(10-22-16)17(18,19)20/h3-8,10,12,23H,9,11H2,1-2H3,(H,21,22). The molecule has 0 saturated heterocycles. The summed E-state index contributed by atoms with van der Waals surface area (Å²) in [6.07, 6.45) is -3.68. The van der Waals surface area contributed by atoms with Crippen LogP contribution >= 0.6 is 0 Å². The Morgan fingerprint density at radius 2 is 1.73 bits per heavy atom. The third-order valence-electron chi connectivity index (χ3n) is 3.43. The maximum absolute atomic E-state index is 12.5. The van der Waals surface area contributed by atoms with Crippen LogP contribution in [0.3, 0.4) is 0 Å². The van der Waals surface area contributed by atoms with Crippen LogP contribution in [-0.4, -0.2) is 19.4 Å². The first kappa shape index (κ1) is 20.2. The van der Waals surface area contributed by atoms with E-state index in [1.807, 2.05) is 0 Å². The van der Waals surface area contributed by atoms with Gasteiger partial charge < -0.3 is 5.32 Å². The van der Waals surface area contributed by atoms with Gasteiger partial charge in [-0.1, -0.05) is 24.3 Å². The summed E-state index contributed by atoms with van der Waals surface area (Å²) >= 11 is 0. The topological polar surface area (TPSA) is 71.1 Å². The van der Waals surface area contributed by atoms with E-state index in [2.05, 4.69) is 15.0 Å². The van der Waals surface area contributed by atoms with E-state index in [0.717, 1.165) is 17.8 Å². The third-order valence-corrected chi connectivity index (χ3v) is 4.95. The minimum absolute atomic E-state index is 0.177. The van der Waals surface area contributed by atoms with Gasteiger partial charge in [0.1, 0.15) is 5.82 Å².